The monoisotopic (exact) mass is 249 g/mol. The molecule has 0 aliphatic carbocycles. The summed E-state index contributed by atoms with van der Waals surface area (Å²) < 4.78 is 16.1. The van der Waals surface area contributed by atoms with E-state index < -0.39 is 0 Å². The van der Waals surface area contributed by atoms with Gasteiger partial charge < -0.3 is 19.5 Å². The average molecular weight is 249 g/mol. The number of hydrogen-bond donors (Lipinski definition) is 1. The minimum Gasteiger partial charge on any atom is -0.454 e. The fourth-order valence-electron chi connectivity index (χ4n) is 2.44. The van der Waals surface area contributed by atoms with E-state index in [4.69, 9.17) is 14.2 Å². The summed E-state index contributed by atoms with van der Waals surface area (Å²) in [6, 6.07) is 6.10. The van der Waals surface area contributed by atoms with Crippen LogP contribution in [0, 0.1) is 5.92 Å². The van der Waals surface area contributed by atoms with Crippen LogP contribution in [-0.4, -0.2) is 26.6 Å². The average Bonchev–Trinajstić information content (AvgIpc) is 2.87. The topological polar surface area (TPSA) is 39.7 Å². The van der Waals surface area contributed by atoms with Crippen molar-refractivity contribution in [2.45, 2.75) is 19.4 Å². The van der Waals surface area contributed by atoms with Crippen molar-refractivity contribution in [3.8, 4) is 11.5 Å². The van der Waals surface area contributed by atoms with Crippen molar-refractivity contribution >= 4 is 0 Å². The molecule has 0 saturated carbocycles. The van der Waals surface area contributed by atoms with Crippen molar-refractivity contribution in [2.75, 3.05) is 26.6 Å². The zero-order valence-electron chi connectivity index (χ0n) is 10.5. The van der Waals surface area contributed by atoms with E-state index in [2.05, 4.69) is 11.4 Å². The van der Waals surface area contributed by atoms with Crippen LogP contribution in [0.4, 0.5) is 0 Å². The third-order valence-corrected chi connectivity index (χ3v) is 3.45. The summed E-state index contributed by atoms with van der Waals surface area (Å²) >= 11 is 0. The first-order chi connectivity index (χ1) is 8.92. The molecule has 0 spiro atoms. The third kappa shape index (κ3) is 2.76. The Hall–Kier alpha value is -1.26. The van der Waals surface area contributed by atoms with Crippen molar-refractivity contribution < 1.29 is 14.2 Å². The highest BCUT2D eigenvalue weighted by Gasteiger charge is 2.15. The number of fused-ring (bicyclic) bond motifs is 1. The van der Waals surface area contributed by atoms with Gasteiger partial charge in [0.25, 0.3) is 0 Å². The Morgan fingerprint density at radius 3 is 3.06 bits per heavy atom. The number of benzene rings is 1. The molecule has 18 heavy (non-hydrogen) atoms. The van der Waals surface area contributed by atoms with Crippen LogP contribution in [0.15, 0.2) is 18.2 Å². The first kappa shape index (κ1) is 11.8. The molecule has 1 fully saturated rings. The summed E-state index contributed by atoms with van der Waals surface area (Å²) in [5.41, 5.74) is 1.23. The van der Waals surface area contributed by atoms with Crippen LogP contribution in [0.25, 0.3) is 0 Å². The van der Waals surface area contributed by atoms with Gasteiger partial charge in [-0.1, -0.05) is 6.07 Å². The molecule has 1 saturated heterocycles. The van der Waals surface area contributed by atoms with Gasteiger partial charge in [-0.2, -0.15) is 0 Å². The molecule has 98 valence electrons. The maximum Gasteiger partial charge on any atom is 0.231 e. The SMILES string of the molecule is c1cc2c(cc1CNCC1CCCOC1)OCO2. The van der Waals surface area contributed by atoms with Gasteiger partial charge in [-0.25, -0.2) is 0 Å². The van der Waals surface area contributed by atoms with Gasteiger partial charge in [0, 0.05) is 19.7 Å². The van der Waals surface area contributed by atoms with Crippen LogP contribution < -0.4 is 14.8 Å². The molecule has 1 atom stereocenters. The highest BCUT2D eigenvalue weighted by molar-refractivity contribution is 5.44. The zero-order chi connectivity index (χ0) is 12.2. The Morgan fingerprint density at radius 2 is 2.17 bits per heavy atom. The Kier molecular flexibility index (Phi) is 3.67. The lowest BCUT2D eigenvalue weighted by molar-refractivity contribution is 0.0547. The lowest BCUT2D eigenvalue weighted by atomic mass is 10.0. The molecule has 2 aliphatic rings. The molecule has 0 radical (unpaired) electrons. The van der Waals surface area contributed by atoms with E-state index in [-0.39, 0.29) is 0 Å². The summed E-state index contributed by atoms with van der Waals surface area (Å²) in [5.74, 6) is 2.36. The van der Waals surface area contributed by atoms with E-state index in [0.717, 1.165) is 37.8 Å². The van der Waals surface area contributed by atoms with Crippen molar-refractivity contribution in [2.24, 2.45) is 5.92 Å². The smallest absolute Gasteiger partial charge is 0.231 e. The quantitative estimate of drug-likeness (QED) is 0.885. The molecular formula is C14H19NO3. The van der Waals surface area contributed by atoms with Gasteiger partial charge in [0.05, 0.1) is 6.61 Å². The van der Waals surface area contributed by atoms with Crippen LogP contribution in [0.5, 0.6) is 11.5 Å². The van der Waals surface area contributed by atoms with Gasteiger partial charge in [-0.15, -0.1) is 0 Å². The molecule has 1 N–H and O–H groups in total. The molecule has 2 aliphatic heterocycles. The predicted molar refractivity (Wildman–Crippen MR) is 67.8 cm³/mol. The van der Waals surface area contributed by atoms with E-state index in [1.165, 1.54) is 18.4 Å². The van der Waals surface area contributed by atoms with Gasteiger partial charge >= 0.3 is 0 Å². The Labute approximate surface area is 107 Å². The lowest BCUT2D eigenvalue weighted by Crippen LogP contribution is -2.28. The molecule has 1 aromatic rings. The van der Waals surface area contributed by atoms with E-state index in [0.29, 0.717) is 12.7 Å². The maximum absolute atomic E-state index is 5.47. The van der Waals surface area contributed by atoms with Gasteiger partial charge in [0.2, 0.25) is 6.79 Å². The molecule has 3 rings (SSSR count). The molecule has 1 unspecified atom stereocenters. The van der Waals surface area contributed by atoms with Crippen molar-refractivity contribution in [3.63, 3.8) is 0 Å². The predicted octanol–water partition coefficient (Wildman–Crippen LogP) is 1.93. The molecule has 0 bridgehead atoms. The second-order valence-corrected chi connectivity index (χ2v) is 4.90. The number of ether oxygens (including phenoxy) is 3. The molecule has 4 heteroatoms. The highest BCUT2D eigenvalue weighted by atomic mass is 16.7. The number of nitrogens with one attached hydrogen (secondary N) is 1. The van der Waals surface area contributed by atoms with Crippen molar-refractivity contribution in [3.05, 3.63) is 23.8 Å². The van der Waals surface area contributed by atoms with E-state index >= 15 is 0 Å². The molecule has 2 heterocycles. The fraction of sp³-hybridized carbons (Fsp3) is 0.571. The minimum atomic E-state index is 0.339. The summed E-state index contributed by atoms with van der Waals surface area (Å²) in [6.07, 6.45) is 2.46. The van der Waals surface area contributed by atoms with Gasteiger partial charge in [0.15, 0.2) is 11.5 Å². The number of hydrogen-bond acceptors (Lipinski definition) is 4. The third-order valence-electron chi connectivity index (χ3n) is 3.45. The van der Waals surface area contributed by atoms with Crippen LogP contribution in [-0.2, 0) is 11.3 Å². The van der Waals surface area contributed by atoms with E-state index in [1.807, 2.05) is 12.1 Å². The van der Waals surface area contributed by atoms with Gasteiger partial charge in [-0.05, 0) is 36.5 Å². The van der Waals surface area contributed by atoms with Crippen LogP contribution in [0.1, 0.15) is 18.4 Å². The van der Waals surface area contributed by atoms with Crippen molar-refractivity contribution in [1.29, 1.82) is 0 Å². The van der Waals surface area contributed by atoms with Crippen molar-refractivity contribution in [1.82, 2.24) is 5.32 Å². The van der Waals surface area contributed by atoms with Crippen LogP contribution in [0.3, 0.4) is 0 Å². The highest BCUT2D eigenvalue weighted by Crippen LogP contribution is 2.32. The number of rotatable bonds is 4. The Balaban J connectivity index is 1.48. The Bertz CT molecular complexity index is 402. The molecular weight excluding hydrogens is 230 g/mol. The summed E-state index contributed by atoms with van der Waals surface area (Å²) in [4.78, 5) is 0. The molecule has 4 nitrogen and oxygen atoms in total. The second-order valence-electron chi connectivity index (χ2n) is 4.90. The first-order valence-corrected chi connectivity index (χ1v) is 6.59. The van der Waals surface area contributed by atoms with E-state index in [1.54, 1.807) is 0 Å². The zero-order valence-corrected chi connectivity index (χ0v) is 10.5. The largest absolute Gasteiger partial charge is 0.454 e. The maximum atomic E-state index is 5.47. The summed E-state index contributed by atoms with van der Waals surface area (Å²) in [6.45, 7) is 4.06. The molecule has 1 aromatic carbocycles. The van der Waals surface area contributed by atoms with E-state index in [9.17, 15) is 0 Å². The van der Waals surface area contributed by atoms with Crippen LogP contribution in [0.2, 0.25) is 0 Å². The fourth-order valence-corrected chi connectivity index (χ4v) is 2.44. The molecule has 0 aromatic heterocycles. The first-order valence-electron chi connectivity index (χ1n) is 6.59. The van der Waals surface area contributed by atoms with Crippen LogP contribution >= 0.6 is 0 Å². The lowest BCUT2D eigenvalue weighted by Gasteiger charge is -2.22. The second kappa shape index (κ2) is 5.59. The normalized spacial score (nSPS) is 22.1. The van der Waals surface area contributed by atoms with Gasteiger partial charge in [-0.3, -0.25) is 0 Å². The summed E-state index contributed by atoms with van der Waals surface area (Å²) in [7, 11) is 0. The molecule has 0 amide bonds. The standard InChI is InChI=1S/C14H19NO3/c1-2-12(9-16-5-1)8-15-7-11-3-4-13-14(6-11)18-10-17-13/h3-4,6,12,15H,1-2,5,7-10H2. The Morgan fingerprint density at radius 1 is 1.22 bits per heavy atom. The summed E-state index contributed by atoms with van der Waals surface area (Å²) in [5, 5.41) is 3.49. The van der Waals surface area contributed by atoms with Gasteiger partial charge in [0.1, 0.15) is 0 Å². The minimum absolute atomic E-state index is 0.339.